The van der Waals surface area contributed by atoms with Crippen molar-refractivity contribution in [2.45, 2.75) is 12.8 Å². The minimum absolute atomic E-state index is 0.188. The van der Waals surface area contributed by atoms with E-state index in [0.717, 1.165) is 33.6 Å². The maximum atomic E-state index is 5.01. The Morgan fingerprint density at radius 1 is 0.771 bits per heavy atom. The number of fused-ring (bicyclic) bond motifs is 2. The van der Waals surface area contributed by atoms with Crippen molar-refractivity contribution >= 4 is 22.4 Å². The lowest BCUT2D eigenvalue weighted by Crippen LogP contribution is -2.15. The van der Waals surface area contributed by atoms with Gasteiger partial charge in [0.15, 0.2) is 5.82 Å². The first-order valence-electron chi connectivity index (χ1n) is 11.8. The van der Waals surface area contributed by atoms with Gasteiger partial charge in [-0.1, -0.05) is 72.8 Å². The maximum Gasteiger partial charge on any atom is 0.165 e. The maximum absolute atomic E-state index is 5.01. The molecular formula is C30H25N5. The lowest BCUT2D eigenvalue weighted by Gasteiger charge is -2.20. The van der Waals surface area contributed by atoms with Gasteiger partial charge in [0.1, 0.15) is 11.5 Å². The van der Waals surface area contributed by atoms with Crippen LogP contribution >= 0.6 is 0 Å². The van der Waals surface area contributed by atoms with E-state index >= 15 is 0 Å². The first-order chi connectivity index (χ1) is 17.3. The Bertz CT molecular complexity index is 1570. The summed E-state index contributed by atoms with van der Waals surface area (Å²) in [6.07, 6.45) is 3.79. The summed E-state index contributed by atoms with van der Waals surface area (Å²) in [7, 11) is 0. The number of imidazole rings is 1. The van der Waals surface area contributed by atoms with E-state index in [4.69, 9.17) is 9.97 Å². The van der Waals surface area contributed by atoms with E-state index in [9.17, 15) is 0 Å². The van der Waals surface area contributed by atoms with Crippen LogP contribution < -0.4 is 5.32 Å². The highest BCUT2D eigenvalue weighted by Crippen LogP contribution is 2.30. The average molecular weight is 456 g/mol. The van der Waals surface area contributed by atoms with E-state index in [1.165, 1.54) is 11.1 Å². The van der Waals surface area contributed by atoms with Gasteiger partial charge in [0.2, 0.25) is 0 Å². The van der Waals surface area contributed by atoms with Crippen LogP contribution in [-0.4, -0.2) is 25.9 Å². The van der Waals surface area contributed by atoms with Gasteiger partial charge in [0, 0.05) is 35.9 Å². The molecule has 5 nitrogen and oxygen atoms in total. The fourth-order valence-corrected chi connectivity index (χ4v) is 4.65. The number of pyridine rings is 1. The molecule has 0 aliphatic heterocycles. The van der Waals surface area contributed by atoms with Gasteiger partial charge >= 0.3 is 0 Å². The van der Waals surface area contributed by atoms with Crippen LogP contribution in [0.3, 0.4) is 0 Å². The fraction of sp³-hybridized carbons (Fsp3) is 0.100. The summed E-state index contributed by atoms with van der Waals surface area (Å²) in [6.45, 7) is 2.78. The highest BCUT2D eigenvalue weighted by molar-refractivity contribution is 5.91. The number of hydrogen-bond acceptors (Lipinski definition) is 4. The zero-order valence-electron chi connectivity index (χ0n) is 19.5. The summed E-state index contributed by atoms with van der Waals surface area (Å²) in [6, 6.07) is 33.5. The van der Waals surface area contributed by atoms with Gasteiger partial charge in [0.05, 0.1) is 11.1 Å². The van der Waals surface area contributed by atoms with Crippen molar-refractivity contribution in [2.75, 3.05) is 11.9 Å². The first-order valence-corrected chi connectivity index (χ1v) is 11.8. The summed E-state index contributed by atoms with van der Waals surface area (Å²) in [5.41, 5.74) is 6.33. The number of benzene rings is 3. The van der Waals surface area contributed by atoms with Crippen LogP contribution in [0.1, 0.15) is 22.7 Å². The summed E-state index contributed by atoms with van der Waals surface area (Å²) in [5, 5.41) is 4.67. The predicted octanol–water partition coefficient (Wildman–Crippen LogP) is 6.50. The third kappa shape index (κ3) is 4.02. The Hall–Kier alpha value is -4.51. The third-order valence-electron chi connectivity index (χ3n) is 6.47. The normalized spacial score (nSPS) is 11.4. The van der Waals surface area contributed by atoms with Gasteiger partial charge in [-0.3, -0.25) is 0 Å². The Kier molecular flexibility index (Phi) is 5.43. The van der Waals surface area contributed by atoms with E-state index in [2.05, 4.69) is 100 Å². The molecule has 0 radical (unpaired) electrons. The standard InChI is InChI=1S/C30H25N5/c1-21-16-17-25(30-31-18-19-35(21)30)29-33-27-15-9-8-14-24(27)28(34-29)32-20-26(22-10-4-2-5-11-22)23-12-6-3-7-13-23/h2-19,26H,20H2,1H3,(H,32,33,34). The molecule has 0 saturated carbocycles. The second-order valence-electron chi connectivity index (χ2n) is 8.68. The molecular weight excluding hydrogens is 430 g/mol. The molecule has 0 amide bonds. The molecule has 0 fully saturated rings. The lowest BCUT2D eigenvalue weighted by atomic mass is 9.91. The van der Waals surface area contributed by atoms with Crippen molar-refractivity contribution < 1.29 is 0 Å². The van der Waals surface area contributed by atoms with Gasteiger partial charge in [0.25, 0.3) is 0 Å². The molecule has 170 valence electrons. The van der Waals surface area contributed by atoms with E-state index < -0.39 is 0 Å². The number of nitrogens with zero attached hydrogens (tertiary/aromatic N) is 4. The number of anilines is 1. The summed E-state index contributed by atoms with van der Waals surface area (Å²) >= 11 is 0. The quantitative estimate of drug-likeness (QED) is 0.312. The molecule has 0 aliphatic carbocycles. The zero-order valence-corrected chi connectivity index (χ0v) is 19.5. The van der Waals surface area contributed by atoms with Crippen LogP contribution in [0.15, 0.2) is 109 Å². The molecule has 3 heterocycles. The monoisotopic (exact) mass is 455 g/mol. The summed E-state index contributed by atoms with van der Waals surface area (Å²) in [5.74, 6) is 1.68. The Labute approximate surface area is 204 Å². The molecule has 6 rings (SSSR count). The van der Waals surface area contributed by atoms with Crippen molar-refractivity contribution in [3.63, 3.8) is 0 Å². The largest absolute Gasteiger partial charge is 0.368 e. The summed E-state index contributed by atoms with van der Waals surface area (Å²) in [4.78, 5) is 14.5. The minimum Gasteiger partial charge on any atom is -0.368 e. The summed E-state index contributed by atoms with van der Waals surface area (Å²) < 4.78 is 2.07. The number of rotatable bonds is 6. The fourth-order valence-electron chi connectivity index (χ4n) is 4.65. The molecule has 5 heteroatoms. The van der Waals surface area contributed by atoms with Crippen LogP contribution in [0.25, 0.3) is 27.9 Å². The molecule has 35 heavy (non-hydrogen) atoms. The number of aromatic nitrogens is 4. The van der Waals surface area contributed by atoms with E-state index in [1.807, 2.05) is 30.6 Å². The van der Waals surface area contributed by atoms with Crippen LogP contribution in [0.5, 0.6) is 0 Å². The van der Waals surface area contributed by atoms with Gasteiger partial charge in [-0.15, -0.1) is 0 Å². The Balaban J connectivity index is 1.43. The van der Waals surface area contributed by atoms with Crippen LogP contribution in [0, 0.1) is 6.92 Å². The second kappa shape index (κ2) is 9.03. The van der Waals surface area contributed by atoms with Gasteiger partial charge in [-0.25, -0.2) is 15.0 Å². The van der Waals surface area contributed by atoms with Gasteiger partial charge in [-0.05, 0) is 42.3 Å². The Morgan fingerprint density at radius 3 is 2.20 bits per heavy atom. The second-order valence-corrected chi connectivity index (χ2v) is 8.68. The molecule has 0 atom stereocenters. The molecule has 0 spiro atoms. The highest BCUT2D eigenvalue weighted by atomic mass is 15.1. The molecule has 6 aromatic rings. The van der Waals surface area contributed by atoms with Crippen molar-refractivity contribution in [3.05, 3.63) is 126 Å². The number of para-hydroxylation sites is 1. The third-order valence-corrected chi connectivity index (χ3v) is 6.47. The van der Waals surface area contributed by atoms with E-state index in [0.29, 0.717) is 12.4 Å². The van der Waals surface area contributed by atoms with E-state index in [1.54, 1.807) is 0 Å². The smallest absolute Gasteiger partial charge is 0.165 e. The topological polar surface area (TPSA) is 55.1 Å². The number of hydrogen-bond donors (Lipinski definition) is 1. The minimum atomic E-state index is 0.188. The molecule has 3 aromatic carbocycles. The van der Waals surface area contributed by atoms with Crippen LogP contribution in [0.2, 0.25) is 0 Å². The SMILES string of the molecule is Cc1ccc(-c2nc(NCC(c3ccccc3)c3ccccc3)c3ccccc3n2)c2nccn12. The zero-order chi connectivity index (χ0) is 23.6. The molecule has 1 N–H and O–H groups in total. The molecule has 3 aromatic heterocycles. The van der Waals surface area contributed by atoms with Crippen molar-refractivity contribution in [1.82, 2.24) is 19.4 Å². The first kappa shape index (κ1) is 21.1. The number of nitrogens with one attached hydrogen (secondary N) is 1. The van der Waals surface area contributed by atoms with Crippen LogP contribution in [0.4, 0.5) is 5.82 Å². The van der Waals surface area contributed by atoms with Crippen LogP contribution in [-0.2, 0) is 0 Å². The van der Waals surface area contributed by atoms with Gasteiger partial charge < -0.3 is 9.72 Å². The molecule has 0 bridgehead atoms. The van der Waals surface area contributed by atoms with Gasteiger partial charge in [-0.2, -0.15) is 0 Å². The average Bonchev–Trinajstić information content (AvgIpc) is 3.41. The lowest BCUT2D eigenvalue weighted by molar-refractivity contribution is 0.849. The number of aryl methyl sites for hydroxylation is 1. The predicted molar refractivity (Wildman–Crippen MR) is 142 cm³/mol. The van der Waals surface area contributed by atoms with Crippen molar-refractivity contribution in [3.8, 4) is 11.4 Å². The Morgan fingerprint density at radius 2 is 1.46 bits per heavy atom. The molecule has 0 aliphatic rings. The molecule has 0 saturated heterocycles. The molecule has 0 unspecified atom stereocenters. The highest BCUT2D eigenvalue weighted by Gasteiger charge is 2.17. The van der Waals surface area contributed by atoms with E-state index in [-0.39, 0.29) is 5.92 Å². The van der Waals surface area contributed by atoms with Crippen molar-refractivity contribution in [2.24, 2.45) is 0 Å². The van der Waals surface area contributed by atoms with Crippen molar-refractivity contribution in [1.29, 1.82) is 0 Å².